The van der Waals surface area contributed by atoms with E-state index in [1.807, 2.05) is 25.2 Å². The van der Waals surface area contributed by atoms with Gasteiger partial charge in [-0.25, -0.2) is 9.78 Å². The van der Waals surface area contributed by atoms with Gasteiger partial charge in [-0.2, -0.15) is 0 Å². The minimum Gasteiger partial charge on any atom is -0.492 e. The largest absolute Gasteiger partial charge is 0.492 e. The lowest BCUT2D eigenvalue weighted by atomic mass is 10.1. The summed E-state index contributed by atoms with van der Waals surface area (Å²) in [5, 5.41) is 6.64. The number of thiazole rings is 1. The van der Waals surface area contributed by atoms with Gasteiger partial charge in [0.1, 0.15) is 11.9 Å². The molecule has 2 aliphatic heterocycles. The van der Waals surface area contributed by atoms with Crippen LogP contribution in [0.3, 0.4) is 0 Å². The number of nitrogens with zero attached hydrogens (tertiary/aromatic N) is 2. The van der Waals surface area contributed by atoms with Crippen LogP contribution in [0, 0.1) is 0 Å². The third-order valence-corrected chi connectivity index (χ3v) is 5.62. The van der Waals surface area contributed by atoms with Gasteiger partial charge < -0.3 is 20.1 Å². The maximum Gasteiger partial charge on any atom is 0.414 e. The second-order valence-corrected chi connectivity index (χ2v) is 7.46. The van der Waals surface area contributed by atoms with Crippen molar-refractivity contribution in [2.45, 2.75) is 19.4 Å². The molecule has 1 aromatic heterocycles. The Morgan fingerprint density at radius 3 is 3.07 bits per heavy atom. The molecule has 3 heterocycles. The Morgan fingerprint density at radius 1 is 1.44 bits per heavy atom. The maximum atomic E-state index is 12.2. The molecule has 2 amide bonds. The van der Waals surface area contributed by atoms with E-state index in [9.17, 15) is 9.59 Å². The highest BCUT2D eigenvalue weighted by molar-refractivity contribution is 7.16. The van der Waals surface area contributed by atoms with Crippen LogP contribution in [0.1, 0.15) is 11.8 Å². The van der Waals surface area contributed by atoms with Gasteiger partial charge in [0, 0.05) is 36.9 Å². The topological polar surface area (TPSA) is 92.8 Å². The fraction of sp³-hybridized carbons (Fsp3) is 0.389. The minimum atomic E-state index is -0.425. The average Bonchev–Trinajstić information content (AvgIpc) is 3.19. The first-order chi connectivity index (χ1) is 13.0. The van der Waals surface area contributed by atoms with E-state index in [0.29, 0.717) is 31.1 Å². The highest BCUT2D eigenvalue weighted by Crippen LogP contribution is 2.41. The highest BCUT2D eigenvalue weighted by atomic mass is 32.1. The number of carbonyl (C=O) groups excluding carboxylic acids is 2. The van der Waals surface area contributed by atoms with Crippen LogP contribution in [0.15, 0.2) is 18.2 Å². The summed E-state index contributed by atoms with van der Waals surface area (Å²) in [7, 11) is 1.86. The van der Waals surface area contributed by atoms with Crippen LogP contribution >= 0.6 is 11.3 Å². The average molecular weight is 388 g/mol. The number of ether oxygens (including phenoxy) is 2. The van der Waals surface area contributed by atoms with Crippen LogP contribution in [0.2, 0.25) is 0 Å². The van der Waals surface area contributed by atoms with Crippen molar-refractivity contribution in [3.63, 3.8) is 0 Å². The molecule has 0 saturated carbocycles. The van der Waals surface area contributed by atoms with Crippen molar-refractivity contribution >= 4 is 34.2 Å². The molecule has 0 aliphatic carbocycles. The molecule has 2 aliphatic rings. The number of rotatable bonds is 4. The fourth-order valence-electron chi connectivity index (χ4n) is 3.18. The Morgan fingerprint density at radius 2 is 2.30 bits per heavy atom. The van der Waals surface area contributed by atoms with Crippen molar-refractivity contribution in [2.75, 3.05) is 37.0 Å². The molecule has 142 valence electrons. The molecule has 0 spiro atoms. The number of amides is 2. The van der Waals surface area contributed by atoms with Crippen molar-refractivity contribution in [3.8, 4) is 17.0 Å². The van der Waals surface area contributed by atoms with Gasteiger partial charge in [0.2, 0.25) is 5.91 Å². The fourth-order valence-corrected chi connectivity index (χ4v) is 4.09. The quantitative estimate of drug-likeness (QED) is 0.835. The van der Waals surface area contributed by atoms with Crippen LogP contribution in [-0.4, -0.2) is 49.8 Å². The second kappa shape index (κ2) is 7.07. The third kappa shape index (κ3) is 3.42. The number of aromatic nitrogens is 1. The lowest BCUT2D eigenvalue weighted by molar-refractivity contribution is -0.119. The SMILES string of the molecule is CNc1nc2c(s1)CCOc1cc(N3CC(CNC(C)=O)OC3=O)ccc1-2. The number of carbonyl (C=O) groups is 2. The molecule has 0 bridgehead atoms. The first kappa shape index (κ1) is 17.6. The minimum absolute atomic E-state index is 0.150. The molecule has 8 nitrogen and oxygen atoms in total. The monoisotopic (exact) mass is 388 g/mol. The highest BCUT2D eigenvalue weighted by Gasteiger charge is 2.33. The summed E-state index contributed by atoms with van der Waals surface area (Å²) in [4.78, 5) is 30.7. The molecule has 9 heteroatoms. The predicted octanol–water partition coefficient (Wildman–Crippen LogP) is 2.25. The van der Waals surface area contributed by atoms with Crippen LogP contribution in [0.5, 0.6) is 5.75 Å². The van der Waals surface area contributed by atoms with Gasteiger partial charge in [-0.15, -0.1) is 11.3 Å². The molecular formula is C18H20N4O4S. The van der Waals surface area contributed by atoms with Gasteiger partial charge in [0.05, 0.1) is 31.1 Å². The van der Waals surface area contributed by atoms with Gasteiger partial charge in [-0.1, -0.05) is 0 Å². The first-order valence-corrected chi connectivity index (χ1v) is 9.54. The van der Waals surface area contributed by atoms with Gasteiger partial charge in [0.15, 0.2) is 5.13 Å². The Kier molecular flexibility index (Phi) is 4.61. The Balaban J connectivity index is 1.59. The summed E-state index contributed by atoms with van der Waals surface area (Å²) in [5.74, 6) is 0.556. The smallest absolute Gasteiger partial charge is 0.414 e. The Bertz CT molecular complexity index is 897. The summed E-state index contributed by atoms with van der Waals surface area (Å²) >= 11 is 1.63. The molecule has 1 fully saturated rings. The number of nitrogens with one attached hydrogen (secondary N) is 2. The molecule has 4 rings (SSSR count). The number of anilines is 2. The van der Waals surface area contributed by atoms with Gasteiger partial charge in [0.25, 0.3) is 0 Å². The molecule has 27 heavy (non-hydrogen) atoms. The second-order valence-electron chi connectivity index (χ2n) is 6.37. The third-order valence-electron chi connectivity index (χ3n) is 4.48. The van der Waals surface area contributed by atoms with Gasteiger partial charge in [-0.3, -0.25) is 9.69 Å². The van der Waals surface area contributed by atoms with Crippen LogP contribution in [0.25, 0.3) is 11.3 Å². The molecular weight excluding hydrogens is 368 g/mol. The van der Waals surface area contributed by atoms with Gasteiger partial charge in [-0.05, 0) is 12.1 Å². The first-order valence-electron chi connectivity index (χ1n) is 8.72. The van der Waals surface area contributed by atoms with E-state index in [4.69, 9.17) is 9.47 Å². The molecule has 1 atom stereocenters. The number of hydrogen-bond donors (Lipinski definition) is 2. The number of cyclic esters (lactones) is 1. The van der Waals surface area contributed by atoms with Crippen molar-refractivity contribution in [1.29, 1.82) is 0 Å². The summed E-state index contributed by atoms with van der Waals surface area (Å²) in [6, 6.07) is 5.66. The van der Waals surface area contributed by atoms with E-state index in [0.717, 1.165) is 22.8 Å². The molecule has 2 N–H and O–H groups in total. The normalized spacial score (nSPS) is 18.1. The summed E-state index contributed by atoms with van der Waals surface area (Å²) in [6.45, 7) is 2.67. The summed E-state index contributed by atoms with van der Waals surface area (Å²) < 4.78 is 11.2. The molecule has 1 unspecified atom stereocenters. The van der Waals surface area contributed by atoms with E-state index in [-0.39, 0.29) is 12.0 Å². The van der Waals surface area contributed by atoms with Crippen molar-refractivity contribution in [1.82, 2.24) is 10.3 Å². The van der Waals surface area contributed by atoms with Crippen molar-refractivity contribution in [2.24, 2.45) is 0 Å². The van der Waals surface area contributed by atoms with Crippen molar-refractivity contribution < 1.29 is 19.1 Å². The summed E-state index contributed by atoms with van der Waals surface area (Å²) in [6.07, 6.45) is -0.00123. The van der Waals surface area contributed by atoms with Crippen LogP contribution in [0.4, 0.5) is 15.6 Å². The summed E-state index contributed by atoms with van der Waals surface area (Å²) in [5.41, 5.74) is 2.55. The Hall–Kier alpha value is -2.81. The van der Waals surface area contributed by atoms with E-state index in [1.165, 1.54) is 11.8 Å². The molecule has 1 aromatic carbocycles. The Labute approximate surface area is 160 Å². The lowest BCUT2D eigenvalue weighted by Gasteiger charge is -2.16. The molecule has 2 aromatic rings. The predicted molar refractivity (Wildman–Crippen MR) is 103 cm³/mol. The zero-order valence-corrected chi connectivity index (χ0v) is 15.9. The maximum absolute atomic E-state index is 12.2. The number of fused-ring (bicyclic) bond motifs is 3. The van der Waals surface area contributed by atoms with Crippen molar-refractivity contribution in [3.05, 3.63) is 23.1 Å². The lowest BCUT2D eigenvalue weighted by Crippen LogP contribution is -2.33. The number of benzene rings is 1. The van der Waals surface area contributed by atoms with E-state index >= 15 is 0 Å². The van der Waals surface area contributed by atoms with E-state index in [1.54, 1.807) is 16.2 Å². The zero-order chi connectivity index (χ0) is 19.0. The molecule has 1 saturated heterocycles. The number of hydrogen-bond acceptors (Lipinski definition) is 7. The molecule has 0 radical (unpaired) electrons. The standard InChI is InChI=1S/C18H20N4O4S/c1-10(23)20-8-12-9-22(18(24)26-12)11-3-4-13-14(7-11)25-6-5-15-16(13)21-17(19-2)27-15/h3-4,7,12H,5-6,8-9H2,1-2H3,(H,19,21)(H,20,23). The van der Waals surface area contributed by atoms with Crippen LogP contribution in [-0.2, 0) is 16.0 Å². The van der Waals surface area contributed by atoms with Crippen LogP contribution < -0.4 is 20.3 Å². The zero-order valence-electron chi connectivity index (χ0n) is 15.1. The van der Waals surface area contributed by atoms with E-state index in [2.05, 4.69) is 15.6 Å². The van der Waals surface area contributed by atoms with E-state index < -0.39 is 6.09 Å². The van der Waals surface area contributed by atoms with Gasteiger partial charge >= 0.3 is 6.09 Å².